The van der Waals surface area contributed by atoms with Gasteiger partial charge in [0.2, 0.25) is 5.91 Å². The Labute approximate surface area is 98.4 Å². The van der Waals surface area contributed by atoms with Gasteiger partial charge in [-0.1, -0.05) is 27.2 Å². The number of methoxy groups -OCH3 is 1. The lowest BCUT2D eigenvalue weighted by molar-refractivity contribution is -0.122. The molecule has 1 amide bonds. The highest BCUT2D eigenvalue weighted by Crippen LogP contribution is 2.09. The Balaban J connectivity index is 4.09. The van der Waals surface area contributed by atoms with Gasteiger partial charge in [0.1, 0.15) is 0 Å². The van der Waals surface area contributed by atoms with E-state index in [0.29, 0.717) is 6.61 Å². The summed E-state index contributed by atoms with van der Waals surface area (Å²) in [6, 6.07) is 0.112. The maximum absolute atomic E-state index is 11.7. The van der Waals surface area contributed by atoms with Crippen molar-refractivity contribution in [3.8, 4) is 0 Å². The molecule has 0 aliphatic rings. The summed E-state index contributed by atoms with van der Waals surface area (Å²) < 4.78 is 5.06. The molecule has 0 saturated carbocycles. The van der Waals surface area contributed by atoms with Crippen molar-refractivity contribution in [3.63, 3.8) is 0 Å². The van der Waals surface area contributed by atoms with Crippen LogP contribution in [0.3, 0.4) is 0 Å². The summed E-state index contributed by atoms with van der Waals surface area (Å²) in [5.74, 6) is 0.252. The van der Waals surface area contributed by atoms with E-state index in [1.165, 1.54) is 0 Å². The van der Waals surface area contributed by atoms with E-state index >= 15 is 0 Å². The van der Waals surface area contributed by atoms with Crippen LogP contribution >= 0.6 is 12.6 Å². The van der Waals surface area contributed by atoms with E-state index in [0.717, 1.165) is 12.8 Å². The van der Waals surface area contributed by atoms with Crippen LogP contribution in [0.1, 0.15) is 33.6 Å². The Morgan fingerprint density at radius 1 is 1.47 bits per heavy atom. The number of thiol groups is 1. The number of ether oxygens (including phenoxy) is 1. The van der Waals surface area contributed by atoms with E-state index < -0.39 is 0 Å². The molecule has 2 atom stereocenters. The molecular weight excluding hydrogens is 210 g/mol. The summed E-state index contributed by atoms with van der Waals surface area (Å²) in [6.07, 6.45) is 1.98. The lowest BCUT2D eigenvalue weighted by Crippen LogP contribution is -2.43. The number of carbonyl (C=O) groups excluding carboxylic acids is 1. The van der Waals surface area contributed by atoms with Crippen molar-refractivity contribution in [3.05, 3.63) is 0 Å². The van der Waals surface area contributed by atoms with Crippen molar-refractivity contribution in [2.45, 2.75) is 44.9 Å². The number of hydrogen-bond donors (Lipinski definition) is 2. The van der Waals surface area contributed by atoms with Crippen molar-refractivity contribution < 1.29 is 9.53 Å². The maximum atomic E-state index is 11.7. The minimum atomic E-state index is -0.235. The van der Waals surface area contributed by atoms with Crippen molar-refractivity contribution >= 4 is 18.5 Å². The SMILES string of the molecule is CCCC(COC)NC(=O)C(S)C(C)C. The molecule has 0 aliphatic carbocycles. The van der Waals surface area contributed by atoms with E-state index in [1.807, 2.05) is 13.8 Å². The predicted octanol–water partition coefficient (Wildman–Crippen LogP) is 1.87. The molecule has 0 fully saturated rings. The van der Waals surface area contributed by atoms with Gasteiger partial charge in [-0.25, -0.2) is 0 Å². The monoisotopic (exact) mass is 233 g/mol. The van der Waals surface area contributed by atoms with Crippen LogP contribution in [0.4, 0.5) is 0 Å². The maximum Gasteiger partial charge on any atom is 0.233 e. The van der Waals surface area contributed by atoms with Crippen LogP contribution < -0.4 is 5.32 Å². The second-order valence-corrected chi connectivity index (χ2v) is 4.69. The van der Waals surface area contributed by atoms with Crippen molar-refractivity contribution in [2.24, 2.45) is 5.92 Å². The second-order valence-electron chi connectivity index (χ2n) is 4.14. The van der Waals surface area contributed by atoms with Gasteiger partial charge in [0, 0.05) is 7.11 Å². The number of amides is 1. The van der Waals surface area contributed by atoms with Gasteiger partial charge in [-0.15, -0.1) is 0 Å². The van der Waals surface area contributed by atoms with Crippen LogP contribution in [-0.4, -0.2) is 30.9 Å². The summed E-state index contributed by atoms with van der Waals surface area (Å²) >= 11 is 4.28. The normalized spacial score (nSPS) is 15.1. The second kappa shape index (κ2) is 7.99. The Bertz CT molecular complexity index is 179. The largest absolute Gasteiger partial charge is 0.383 e. The van der Waals surface area contributed by atoms with E-state index in [9.17, 15) is 4.79 Å². The first-order chi connectivity index (χ1) is 7.02. The van der Waals surface area contributed by atoms with Gasteiger partial charge in [-0.2, -0.15) is 12.6 Å². The summed E-state index contributed by atoms with van der Waals surface area (Å²) in [5.41, 5.74) is 0. The number of nitrogens with one attached hydrogen (secondary N) is 1. The first kappa shape index (κ1) is 14.8. The molecular formula is C11H23NO2S. The molecule has 0 bridgehead atoms. The summed E-state index contributed by atoms with van der Waals surface area (Å²) in [7, 11) is 1.65. The van der Waals surface area contributed by atoms with Gasteiger partial charge in [0.25, 0.3) is 0 Å². The zero-order valence-electron chi connectivity index (χ0n) is 10.1. The van der Waals surface area contributed by atoms with Gasteiger partial charge in [-0.05, 0) is 12.3 Å². The fraction of sp³-hybridized carbons (Fsp3) is 0.909. The van der Waals surface area contributed by atoms with E-state index in [1.54, 1.807) is 7.11 Å². The van der Waals surface area contributed by atoms with Gasteiger partial charge in [0.05, 0.1) is 17.9 Å². The Morgan fingerprint density at radius 3 is 2.47 bits per heavy atom. The molecule has 90 valence electrons. The zero-order chi connectivity index (χ0) is 11.8. The minimum Gasteiger partial charge on any atom is -0.383 e. The average Bonchev–Trinajstić information content (AvgIpc) is 2.17. The molecule has 0 aliphatic heterocycles. The molecule has 0 aromatic rings. The van der Waals surface area contributed by atoms with Gasteiger partial charge in [-0.3, -0.25) is 4.79 Å². The lowest BCUT2D eigenvalue weighted by Gasteiger charge is -2.21. The van der Waals surface area contributed by atoms with Crippen molar-refractivity contribution in [1.29, 1.82) is 0 Å². The summed E-state index contributed by atoms with van der Waals surface area (Å²) in [4.78, 5) is 11.7. The molecule has 0 heterocycles. The third-order valence-electron chi connectivity index (χ3n) is 2.25. The minimum absolute atomic E-state index is 0.00355. The number of hydrogen-bond acceptors (Lipinski definition) is 3. The lowest BCUT2D eigenvalue weighted by atomic mass is 10.1. The molecule has 3 nitrogen and oxygen atoms in total. The van der Waals surface area contributed by atoms with E-state index in [4.69, 9.17) is 4.74 Å². The molecule has 0 aromatic carbocycles. The highest BCUT2D eigenvalue weighted by Gasteiger charge is 2.20. The first-order valence-corrected chi connectivity index (χ1v) is 6.01. The Kier molecular flexibility index (Phi) is 7.88. The van der Waals surface area contributed by atoms with Gasteiger partial charge in [0.15, 0.2) is 0 Å². The summed E-state index contributed by atoms with van der Waals surface area (Å²) in [6.45, 7) is 6.64. The first-order valence-electron chi connectivity index (χ1n) is 5.50. The molecule has 0 radical (unpaired) electrons. The van der Waals surface area contributed by atoms with Crippen LogP contribution in [-0.2, 0) is 9.53 Å². The smallest absolute Gasteiger partial charge is 0.233 e. The molecule has 0 spiro atoms. The number of rotatable bonds is 7. The van der Waals surface area contributed by atoms with Gasteiger partial charge >= 0.3 is 0 Å². The van der Waals surface area contributed by atoms with Crippen molar-refractivity contribution in [1.82, 2.24) is 5.32 Å². The van der Waals surface area contributed by atoms with Crippen molar-refractivity contribution in [2.75, 3.05) is 13.7 Å². The van der Waals surface area contributed by atoms with Gasteiger partial charge < -0.3 is 10.1 Å². The number of carbonyl (C=O) groups is 1. The molecule has 1 N–H and O–H groups in total. The Morgan fingerprint density at radius 2 is 2.07 bits per heavy atom. The summed E-state index contributed by atoms with van der Waals surface area (Å²) in [5, 5.41) is 2.72. The third-order valence-corrected chi connectivity index (χ3v) is 3.08. The molecule has 0 aromatic heterocycles. The highest BCUT2D eigenvalue weighted by molar-refractivity contribution is 7.81. The fourth-order valence-electron chi connectivity index (χ4n) is 1.34. The van der Waals surface area contributed by atoms with Crippen LogP contribution in [0.2, 0.25) is 0 Å². The van der Waals surface area contributed by atoms with E-state index in [-0.39, 0.29) is 23.1 Å². The van der Waals surface area contributed by atoms with E-state index in [2.05, 4.69) is 24.9 Å². The van der Waals surface area contributed by atoms with Crippen LogP contribution in [0, 0.1) is 5.92 Å². The van der Waals surface area contributed by atoms with Crippen LogP contribution in [0.25, 0.3) is 0 Å². The topological polar surface area (TPSA) is 38.3 Å². The average molecular weight is 233 g/mol. The predicted molar refractivity (Wildman–Crippen MR) is 66.3 cm³/mol. The van der Waals surface area contributed by atoms with Crippen LogP contribution in [0.15, 0.2) is 0 Å². The Hall–Kier alpha value is -0.220. The molecule has 15 heavy (non-hydrogen) atoms. The molecule has 2 unspecified atom stereocenters. The standard InChI is InChI=1S/C11H23NO2S/c1-5-6-9(7-14-4)12-11(13)10(15)8(2)3/h8-10,15H,5-7H2,1-4H3,(H,12,13). The third kappa shape index (κ3) is 6.05. The van der Waals surface area contributed by atoms with Crippen LogP contribution in [0.5, 0.6) is 0 Å². The fourth-order valence-corrected chi connectivity index (χ4v) is 1.41. The zero-order valence-corrected chi connectivity index (χ0v) is 11.0. The molecule has 4 heteroatoms. The molecule has 0 saturated heterocycles. The highest BCUT2D eigenvalue weighted by atomic mass is 32.1. The molecule has 0 rings (SSSR count). The quantitative estimate of drug-likeness (QED) is 0.659.